The van der Waals surface area contributed by atoms with Crippen molar-refractivity contribution in [3.05, 3.63) is 59.9 Å². The maximum Gasteiger partial charge on any atom is 0.194 e. The summed E-state index contributed by atoms with van der Waals surface area (Å²) < 4.78 is 0. The Morgan fingerprint density at radius 3 is 2.55 bits per heavy atom. The highest BCUT2D eigenvalue weighted by atomic mass is 16.1. The van der Waals surface area contributed by atoms with Gasteiger partial charge in [0.25, 0.3) is 0 Å². The third-order valence-corrected chi connectivity index (χ3v) is 3.31. The summed E-state index contributed by atoms with van der Waals surface area (Å²) >= 11 is 0. The number of carbonyl (C=O) groups is 1. The number of rotatable bonds is 3. The predicted octanol–water partition coefficient (Wildman–Crippen LogP) is 2.86. The largest absolute Gasteiger partial charge is 0.378 e. The average molecular weight is 265 g/mol. The van der Waals surface area contributed by atoms with Crippen LogP contribution in [0.1, 0.15) is 15.9 Å². The molecule has 0 aliphatic rings. The molecule has 2 aromatic heterocycles. The van der Waals surface area contributed by atoms with E-state index in [1.807, 2.05) is 61.6 Å². The second kappa shape index (κ2) is 4.81. The van der Waals surface area contributed by atoms with Crippen LogP contribution in [0.15, 0.2) is 48.8 Å². The smallest absolute Gasteiger partial charge is 0.194 e. The summed E-state index contributed by atoms with van der Waals surface area (Å²) in [6.45, 7) is 0. The predicted molar refractivity (Wildman–Crippen MR) is 80.3 cm³/mol. The standard InChI is InChI=1S/C16H15N3O/c1-19(2)14-5-3-11(4-6-14)15(20)13-9-12-7-8-17-16(12)18-10-13/h3-10H,1-2H3,(H,17,18). The number of H-pyrrole nitrogens is 1. The van der Waals surface area contributed by atoms with Gasteiger partial charge >= 0.3 is 0 Å². The van der Waals surface area contributed by atoms with Crippen molar-refractivity contribution >= 4 is 22.5 Å². The number of nitrogens with one attached hydrogen (secondary N) is 1. The normalized spacial score (nSPS) is 10.7. The molecule has 1 N–H and O–H groups in total. The lowest BCUT2D eigenvalue weighted by Crippen LogP contribution is -2.09. The van der Waals surface area contributed by atoms with Crippen molar-refractivity contribution in [2.24, 2.45) is 0 Å². The van der Waals surface area contributed by atoms with Gasteiger partial charge in [-0.2, -0.15) is 0 Å². The average Bonchev–Trinajstić information content (AvgIpc) is 2.94. The number of benzene rings is 1. The molecule has 0 aliphatic carbocycles. The maximum absolute atomic E-state index is 12.4. The maximum atomic E-state index is 12.4. The van der Waals surface area contributed by atoms with E-state index in [2.05, 4.69) is 9.97 Å². The molecule has 1 aromatic carbocycles. The number of aromatic nitrogens is 2. The van der Waals surface area contributed by atoms with Gasteiger partial charge in [-0.15, -0.1) is 0 Å². The minimum atomic E-state index is -0.00842. The molecule has 4 heteroatoms. The SMILES string of the molecule is CN(C)c1ccc(C(=O)c2cnc3[nH]ccc3c2)cc1. The highest BCUT2D eigenvalue weighted by Gasteiger charge is 2.10. The number of fused-ring (bicyclic) bond motifs is 1. The van der Waals surface area contributed by atoms with E-state index < -0.39 is 0 Å². The first-order valence-electron chi connectivity index (χ1n) is 6.40. The summed E-state index contributed by atoms with van der Waals surface area (Å²) in [6.07, 6.45) is 3.43. The molecule has 0 fully saturated rings. The summed E-state index contributed by atoms with van der Waals surface area (Å²) in [6, 6.07) is 11.3. The number of pyridine rings is 1. The van der Waals surface area contributed by atoms with E-state index in [1.54, 1.807) is 6.20 Å². The topological polar surface area (TPSA) is 49.0 Å². The molecule has 0 aliphatic heterocycles. The van der Waals surface area contributed by atoms with Gasteiger partial charge in [0.15, 0.2) is 5.78 Å². The summed E-state index contributed by atoms with van der Waals surface area (Å²) in [5.74, 6) is -0.00842. The second-order valence-electron chi connectivity index (χ2n) is 4.91. The van der Waals surface area contributed by atoms with Gasteiger partial charge in [0.1, 0.15) is 5.65 Å². The van der Waals surface area contributed by atoms with E-state index in [9.17, 15) is 4.79 Å². The molecule has 0 amide bonds. The van der Waals surface area contributed by atoms with Gasteiger partial charge in [-0.1, -0.05) is 0 Å². The Hall–Kier alpha value is -2.62. The Bertz CT molecular complexity index is 757. The molecule has 0 saturated carbocycles. The van der Waals surface area contributed by atoms with Crippen molar-refractivity contribution in [1.29, 1.82) is 0 Å². The van der Waals surface area contributed by atoms with Crippen molar-refractivity contribution in [1.82, 2.24) is 9.97 Å². The molecule has 3 rings (SSSR count). The molecule has 20 heavy (non-hydrogen) atoms. The molecule has 0 bridgehead atoms. The molecule has 3 aromatic rings. The summed E-state index contributed by atoms with van der Waals surface area (Å²) in [5, 5.41) is 0.945. The Labute approximate surface area is 117 Å². The first-order chi connectivity index (χ1) is 9.65. The van der Waals surface area contributed by atoms with Gasteiger partial charge in [0.05, 0.1) is 0 Å². The van der Waals surface area contributed by atoms with Gasteiger partial charge in [-0.25, -0.2) is 4.98 Å². The van der Waals surface area contributed by atoms with Crippen LogP contribution in [0.2, 0.25) is 0 Å². The van der Waals surface area contributed by atoms with Crippen LogP contribution in [0.3, 0.4) is 0 Å². The van der Waals surface area contributed by atoms with Crippen LogP contribution in [0.5, 0.6) is 0 Å². The number of hydrogen-bond acceptors (Lipinski definition) is 3. The van der Waals surface area contributed by atoms with Crippen molar-refractivity contribution in [2.45, 2.75) is 0 Å². The van der Waals surface area contributed by atoms with Crippen molar-refractivity contribution in [3.8, 4) is 0 Å². The zero-order chi connectivity index (χ0) is 14.1. The molecule has 0 spiro atoms. The molecule has 100 valence electrons. The van der Waals surface area contributed by atoms with Crippen molar-refractivity contribution in [3.63, 3.8) is 0 Å². The number of carbonyl (C=O) groups excluding carboxylic acids is 1. The third kappa shape index (κ3) is 2.16. The molecule has 0 radical (unpaired) electrons. The summed E-state index contributed by atoms with van der Waals surface area (Å²) in [5.41, 5.74) is 3.15. The lowest BCUT2D eigenvalue weighted by molar-refractivity contribution is 0.103. The third-order valence-electron chi connectivity index (χ3n) is 3.31. The highest BCUT2D eigenvalue weighted by Crippen LogP contribution is 2.17. The summed E-state index contributed by atoms with van der Waals surface area (Å²) in [4.78, 5) is 21.7. The van der Waals surface area contributed by atoms with Crippen LogP contribution >= 0.6 is 0 Å². The van der Waals surface area contributed by atoms with E-state index in [0.717, 1.165) is 16.7 Å². The van der Waals surface area contributed by atoms with Crippen LogP contribution in [0.25, 0.3) is 11.0 Å². The molecule has 0 atom stereocenters. The fourth-order valence-electron chi connectivity index (χ4n) is 2.14. The van der Waals surface area contributed by atoms with Crippen LogP contribution in [-0.4, -0.2) is 29.8 Å². The van der Waals surface area contributed by atoms with Crippen LogP contribution in [0.4, 0.5) is 5.69 Å². The van der Waals surface area contributed by atoms with Gasteiger partial charge in [-0.05, 0) is 36.4 Å². The van der Waals surface area contributed by atoms with Crippen molar-refractivity contribution < 1.29 is 4.79 Å². The highest BCUT2D eigenvalue weighted by molar-refractivity contribution is 6.10. The van der Waals surface area contributed by atoms with Crippen LogP contribution in [0, 0.1) is 0 Å². The first-order valence-corrected chi connectivity index (χ1v) is 6.40. The minimum absolute atomic E-state index is 0.00842. The molecular formula is C16H15N3O. The van der Waals surface area contributed by atoms with E-state index >= 15 is 0 Å². The number of ketones is 1. The fraction of sp³-hybridized carbons (Fsp3) is 0.125. The quantitative estimate of drug-likeness (QED) is 0.741. The Balaban J connectivity index is 1.94. The van der Waals surface area contributed by atoms with E-state index in [0.29, 0.717) is 11.1 Å². The Kier molecular flexibility index (Phi) is 2.99. The Morgan fingerprint density at radius 2 is 1.85 bits per heavy atom. The minimum Gasteiger partial charge on any atom is -0.378 e. The van der Waals surface area contributed by atoms with Crippen LogP contribution in [-0.2, 0) is 0 Å². The lowest BCUT2D eigenvalue weighted by atomic mass is 10.0. The second-order valence-corrected chi connectivity index (χ2v) is 4.91. The molecule has 2 heterocycles. The van der Waals surface area contributed by atoms with Gasteiger partial charge in [0.2, 0.25) is 0 Å². The van der Waals surface area contributed by atoms with Gasteiger partial charge in [-0.3, -0.25) is 4.79 Å². The first kappa shape index (κ1) is 12.4. The molecule has 0 unspecified atom stereocenters. The van der Waals surface area contributed by atoms with E-state index in [1.165, 1.54) is 0 Å². The summed E-state index contributed by atoms with van der Waals surface area (Å²) in [7, 11) is 3.95. The Morgan fingerprint density at radius 1 is 1.10 bits per heavy atom. The molecule has 0 saturated heterocycles. The number of aromatic amines is 1. The van der Waals surface area contributed by atoms with Crippen molar-refractivity contribution in [2.75, 3.05) is 19.0 Å². The fourth-order valence-corrected chi connectivity index (χ4v) is 2.14. The number of anilines is 1. The zero-order valence-corrected chi connectivity index (χ0v) is 11.4. The van der Waals surface area contributed by atoms with Gasteiger partial charge < -0.3 is 9.88 Å². The van der Waals surface area contributed by atoms with E-state index in [-0.39, 0.29) is 5.78 Å². The lowest BCUT2D eigenvalue weighted by Gasteiger charge is -2.12. The van der Waals surface area contributed by atoms with E-state index in [4.69, 9.17) is 0 Å². The van der Waals surface area contributed by atoms with Gasteiger partial charge in [0, 0.05) is 48.7 Å². The monoisotopic (exact) mass is 265 g/mol. The molecular weight excluding hydrogens is 250 g/mol. The number of nitrogens with zero attached hydrogens (tertiary/aromatic N) is 2. The molecule has 4 nitrogen and oxygen atoms in total. The number of hydrogen-bond donors (Lipinski definition) is 1. The van der Waals surface area contributed by atoms with Crippen LogP contribution < -0.4 is 4.90 Å². The zero-order valence-electron chi connectivity index (χ0n) is 11.4.